The van der Waals surface area contributed by atoms with Crippen LogP contribution in [0.15, 0.2) is 55.0 Å². The fourth-order valence-corrected chi connectivity index (χ4v) is 5.05. The number of hydrogen-bond acceptors (Lipinski definition) is 6. The summed E-state index contributed by atoms with van der Waals surface area (Å²) in [6, 6.07) is 9.48. The molecule has 214 valence electrons. The lowest BCUT2D eigenvalue weighted by atomic mass is 9.99. The van der Waals surface area contributed by atoms with Crippen molar-refractivity contribution in [3.63, 3.8) is 0 Å². The van der Waals surface area contributed by atoms with Crippen molar-refractivity contribution in [3.8, 4) is 22.7 Å². The Kier molecular flexibility index (Phi) is 8.07. The van der Waals surface area contributed by atoms with Gasteiger partial charge in [-0.15, -0.1) is 5.10 Å². The van der Waals surface area contributed by atoms with E-state index in [0.717, 1.165) is 44.0 Å². The van der Waals surface area contributed by atoms with Crippen molar-refractivity contribution in [1.29, 1.82) is 0 Å². The molecular weight excluding hydrogens is 533 g/mol. The third kappa shape index (κ3) is 6.40. The van der Waals surface area contributed by atoms with E-state index in [9.17, 15) is 18.0 Å². The molecule has 5 rings (SSSR count). The third-order valence-electron chi connectivity index (χ3n) is 7.38. The van der Waals surface area contributed by atoms with E-state index in [0.29, 0.717) is 34.8 Å². The largest absolute Gasteiger partial charge is 0.495 e. The standard InChI is InChI=1S/C30H31F3N6O2/c1-19-7-8-21(13-28(19)39-18-27(36-37-39)22-12-25(41-3)16-34-15-22)29(40)35-24-11-23(17-38-9-5-4-6-10-38)20(2)26(14-24)30(31,32)33/h7-8,11-16,18H,4-6,9-10,17H2,1-3H3,(H,35,40). The molecule has 2 aromatic carbocycles. The molecule has 0 bridgehead atoms. The number of rotatable bonds is 7. The van der Waals surface area contributed by atoms with E-state index in [1.54, 1.807) is 60.7 Å². The number of amides is 1. The molecule has 2 aromatic heterocycles. The Bertz CT molecular complexity index is 1560. The Morgan fingerprint density at radius 2 is 1.83 bits per heavy atom. The Labute approximate surface area is 236 Å². The summed E-state index contributed by atoms with van der Waals surface area (Å²) in [5, 5.41) is 11.1. The van der Waals surface area contributed by atoms with Crippen molar-refractivity contribution in [2.75, 3.05) is 25.5 Å². The molecule has 0 atom stereocenters. The van der Waals surface area contributed by atoms with Gasteiger partial charge in [-0.25, -0.2) is 4.68 Å². The highest BCUT2D eigenvalue weighted by atomic mass is 19.4. The lowest BCUT2D eigenvalue weighted by Crippen LogP contribution is -2.29. The minimum atomic E-state index is -4.54. The summed E-state index contributed by atoms with van der Waals surface area (Å²) >= 11 is 0. The molecule has 1 aliphatic rings. The number of aryl methyl sites for hydroxylation is 1. The van der Waals surface area contributed by atoms with E-state index in [4.69, 9.17) is 4.74 Å². The van der Waals surface area contributed by atoms with Crippen LogP contribution in [0, 0.1) is 13.8 Å². The van der Waals surface area contributed by atoms with Gasteiger partial charge in [0.05, 0.1) is 30.8 Å². The van der Waals surface area contributed by atoms with Gasteiger partial charge in [0.1, 0.15) is 11.4 Å². The summed E-state index contributed by atoms with van der Waals surface area (Å²) in [5.41, 5.74) is 3.10. The van der Waals surface area contributed by atoms with E-state index in [1.807, 2.05) is 6.92 Å². The first kappa shape index (κ1) is 28.3. The average molecular weight is 565 g/mol. The van der Waals surface area contributed by atoms with Gasteiger partial charge in [-0.3, -0.25) is 14.7 Å². The number of aromatic nitrogens is 4. The van der Waals surface area contributed by atoms with Crippen LogP contribution < -0.4 is 10.1 Å². The van der Waals surface area contributed by atoms with Crippen LogP contribution in [-0.2, 0) is 12.7 Å². The molecule has 0 radical (unpaired) electrons. The zero-order chi connectivity index (χ0) is 29.1. The second-order valence-electron chi connectivity index (χ2n) is 10.3. The highest BCUT2D eigenvalue weighted by Gasteiger charge is 2.34. The van der Waals surface area contributed by atoms with Crippen LogP contribution in [0.2, 0.25) is 0 Å². The van der Waals surface area contributed by atoms with Crippen molar-refractivity contribution in [2.45, 2.75) is 45.8 Å². The first-order valence-electron chi connectivity index (χ1n) is 13.4. The minimum absolute atomic E-state index is 0.107. The third-order valence-corrected chi connectivity index (χ3v) is 7.38. The smallest absolute Gasteiger partial charge is 0.416 e. The number of carbonyl (C=O) groups excluding carboxylic acids is 1. The Morgan fingerprint density at radius 3 is 2.56 bits per heavy atom. The molecule has 1 N–H and O–H groups in total. The summed E-state index contributed by atoms with van der Waals surface area (Å²) in [4.78, 5) is 19.6. The molecule has 4 aromatic rings. The fourth-order valence-electron chi connectivity index (χ4n) is 5.05. The second kappa shape index (κ2) is 11.7. The summed E-state index contributed by atoms with van der Waals surface area (Å²) < 4.78 is 48.6. The van der Waals surface area contributed by atoms with Gasteiger partial charge in [-0.2, -0.15) is 13.2 Å². The molecule has 8 nitrogen and oxygen atoms in total. The number of nitrogens with one attached hydrogen (secondary N) is 1. The van der Waals surface area contributed by atoms with E-state index < -0.39 is 17.6 Å². The number of ether oxygens (including phenoxy) is 1. The molecule has 0 spiro atoms. The van der Waals surface area contributed by atoms with Crippen LogP contribution in [0.3, 0.4) is 0 Å². The number of benzene rings is 2. The number of anilines is 1. The summed E-state index contributed by atoms with van der Waals surface area (Å²) in [7, 11) is 1.55. The number of methoxy groups -OCH3 is 1. The molecule has 1 aliphatic heterocycles. The lowest BCUT2D eigenvalue weighted by molar-refractivity contribution is -0.138. The van der Waals surface area contributed by atoms with Crippen molar-refractivity contribution >= 4 is 11.6 Å². The van der Waals surface area contributed by atoms with E-state index >= 15 is 0 Å². The van der Waals surface area contributed by atoms with E-state index in [1.165, 1.54) is 6.92 Å². The first-order valence-corrected chi connectivity index (χ1v) is 13.4. The van der Waals surface area contributed by atoms with Crippen molar-refractivity contribution < 1.29 is 22.7 Å². The van der Waals surface area contributed by atoms with Gasteiger partial charge in [0.2, 0.25) is 0 Å². The lowest BCUT2D eigenvalue weighted by Gasteiger charge is -2.28. The van der Waals surface area contributed by atoms with Gasteiger partial charge in [0, 0.05) is 29.6 Å². The van der Waals surface area contributed by atoms with Crippen LogP contribution in [0.1, 0.15) is 51.9 Å². The summed E-state index contributed by atoms with van der Waals surface area (Å²) in [5.74, 6) is 0.0558. The van der Waals surface area contributed by atoms with Crippen molar-refractivity contribution in [1.82, 2.24) is 24.9 Å². The second-order valence-corrected chi connectivity index (χ2v) is 10.3. The number of hydrogen-bond donors (Lipinski definition) is 1. The fraction of sp³-hybridized carbons (Fsp3) is 0.333. The number of carbonyl (C=O) groups is 1. The number of alkyl halides is 3. The molecule has 0 aliphatic carbocycles. The highest BCUT2D eigenvalue weighted by molar-refractivity contribution is 6.04. The predicted molar refractivity (Wildman–Crippen MR) is 149 cm³/mol. The van der Waals surface area contributed by atoms with Crippen molar-refractivity contribution in [3.05, 3.63) is 82.8 Å². The number of likely N-dealkylation sites (tertiary alicyclic amines) is 1. The molecule has 1 saturated heterocycles. The quantitative estimate of drug-likeness (QED) is 0.287. The number of nitrogens with zero attached hydrogens (tertiary/aromatic N) is 5. The van der Waals surface area contributed by atoms with Gasteiger partial charge >= 0.3 is 6.18 Å². The van der Waals surface area contributed by atoms with Gasteiger partial charge in [0.25, 0.3) is 5.91 Å². The molecule has 41 heavy (non-hydrogen) atoms. The van der Waals surface area contributed by atoms with Crippen LogP contribution in [0.5, 0.6) is 5.75 Å². The van der Waals surface area contributed by atoms with Gasteiger partial charge in [-0.05, 0) is 86.8 Å². The Morgan fingerprint density at radius 1 is 1.05 bits per heavy atom. The maximum atomic E-state index is 13.9. The van der Waals surface area contributed by atoms with Crippen molar-refractivity contribution in [2.24, 2.45) is 0 Å². The summed E-state index contributed by atoms with van der Waals surface area (Å²) in [6.07, 6.45) is 3.59. The van der Waals surface area contributed by atoms with Gasteiger partial charge < -0.3 is 10.1 Å². The molecule has 0 unspecified atom stereocenters. The topological polar surface area (TPSA) is 85.2 Å². The molecule has 11 heteroatoms. The highest BCUT2D eigenvalue weighted by Crippen LogP contribution is 2.36. The molecule has 1 fully saturated rings. The van der Waals surface area contributed by atoms with E-state index in [2.05, 4.69) is 25.5 Å². The summed E-state index contributed by atoms with van der Waals surface area (Å²) in [6.45, 7) is 5.47. The normalized spacial score (nSPS) is 14.2. The van der Waals surface area contributed by atoms with Gasteiger partial charge in [-0.1, -0.05) is 17.7 Å². The zero-order valence-electron chi connectivity index (χ0n) is 23.1. The SMILES string of the molecule is COc1cncc(-c2cn(-c3cc(C(=O)Nc4cc(CN5CCCCC5)c(C)c(C(F)(F)F)c4)ccc3C)nn2)c1. The van der Waals surface area contributed by atoms with Crippen LogP contribution >= 0.6 is 0 Å². The maximum absolute atomic E-state index is 13.9. The average Bonchev–Trinajstić information content (AvgIpc) is 3.45. The van der Waals surface area contributed by atoms with E-state index in [-0.39, 0.29) is 16.8 Å². The monoisotopic (exact) mass is 564 g/mol. The molecular formula is C30H31F3N6O2. The molecule has 1 amide bonds. The number of pyridine rings is 1. The zero-order valence-corrected chi connectivity index (χ0v) is 23.1. The minimum Gasteiger partial charge on any atom is -0.495 e. The number of piperidine rings is 1. The van der Waals surface area contributed by atoms with Gasteiger partial charge in [0.15, 0.2) is 0 Å². The first-order chi connectivity index (χ1) is 19.6. The molecule has 0 saturated carbocycles. The Balaban J connectivity index is 1.41. The van der Waals surface area contributed by atoms with Crippen LogP contribution in [-0.4, -0.2) is 51.0 Å². The molecule has 3 heterocycles. The van der Waals surface area contributed by atoms with Crippen LogP contribution in [0.4, 0.5) is 18.9 Å². The predicted octanol–water partition coefficient (Wildman–Crippen LogP) is 6.21. The maximum Gasteiger partial charge on any atom is 0.416 e. The van der Waals surface area contributed by atoms with Crippen LogP contribution in [0.25, 0.3) is 16.9 Å². The number of halogens is 3. The Hall–Kier alpha value is -4.25.